The van der Waals surface area contributed by atoms with Crippen LogP contribution in [0.25, 0.3) is 0 Å². The molecule has 0 saturated carbocycles. The summed E-state index contributed by atoms with van der Waals surface area (Å²) in [6.07, 6.45) is 0.852. The van der Waals surface area contributed by atoms with E-state index in [0.717, 1.165) is 35.7 Å². The van der Waals surface area contributed by atoms with Crippen LogP contribution in [0.15, 0.2) is 90.0 Å². The summed E-state index contributed by atoms with van der Waals surface area (Å²) < 4.78 is 5.26. The summed E-state index contributed by atoms with van der Waals surface area (Å²) in [5.74, 6) is 0.855. The van der Waals surface area contributed by atoms with E-state index < -0.39 is 0 Å². The van der Waals surface area contributed by atoms with Gasteiger partial charge in [-0.25, -0.2) is 0 Å². The molecule has 0 spiro atoms. The molecule has 0 saturated heterocycles. The summed E-state index contributed by atoms with van der Waals surface area (Å²) in [4.78, 5) is 0. The number of hydrogen-bond acceptors (Lipinski definition) is 3. The first-order valence-corrected chi connectivity index (χ1v) is 8.88. The average Bonchev–Trinajstić information content (AvgIpc) is 2.72. The number of ether oxygens (including phenoxy) is 1. The standard InChI is InChI=1S/C23H24N2O/c1-3-23(20-14-16-22(26-2)17-15-20)24-25(21-12-8-5-9-13-21)18-19-10-6-4-7-11-19/h4-17H,3,18H2,1-2H3. The van der Waals surface area contributed by atoms with Crippen molar-refractivity contribution in [2.24, 2.45) is 5.10 Å². The van der Waals surface area contributed by atoms with Gasteiger partial charge in [-0.1, -0.05) is 55.5 Å². The second-order valence-electron chi connectivity index (χ2n) is 6.01. The van der Waals surface area contributed by atoms with E-state index in [9.17, 15) is 0 Å². The predicted molar refractivity (Wildman–Crippen MR) is 109 cm³/mol. The Hall–Kier alpha value is -3.07. The third-order valence-electron chi connectivity index (χ3n) is 4.23. The molecule has 0 atom stereocenters. The first kappa shape index (κ1) is 17.7. The Kier molecular flexibility index (Phi) is 6.05. The summed E-state index contributed by atoms with van der Waals surface area (Å²) in [5.41, 5.74) is 4.47. The van der Waals surface area contributed by atoms with E-state index in [-0.39, 0.29) is 0 Å². The molecule has 0 aliphatic heterocycles. The van der Waals surface area contributed by atoms with Crippen LogP contribution < -0.4 is 9.75 Å². The van der Waals surface area contributed by atoms with Gasteiger partial charge >= 0.3 is 0 Å². The third-order valence-corrected chi connectivity index (χ3v) is 4.23. The van der Waals surface area contributed by atoms with E-state index in [2.05, 4.69) is 60.5 Å². The third kappa shape index (κ3) is 4.51. The Bertz CT molecular complexity index is 827. The zero-order valence-corrected chi connectivity index (χ0v) is 15.3. The maximum absolute atomic E-state index is 5.26. The van der Waals surface area contributed by atoms with E-state index in [0.29, 0.717) is 0 Å². The first-order chi connectivity index (χ1) is 12.8. The number of hydrogen-bond donors (Lipinski definition) is 0. The highest BCUT2D eigenvalue weighted by molar-refractivity contribution is 6.01. The minimum absolute atomic E-state index is 0.727. The molecule has 132 valence electrons. The normalized spacial score (nSPS) is 11.2. The van der Waals surface area contributed by atoms with Crippen molar-refractivity contribution in [2.45, 2.75) is 19.9 Å². The Morgan fingerprint density at radius 3 is 2.04 bits per heavy atom. The molecular weight excluding hydrogens is 320 g/mol. The van der Waals surface area contributed by atoms with E-state index in [1.807, 2.05) is 36.4 Å². The van der Waals surface area contributed by atoms with Crippen molar-refractivity contribution in [3.8, 4) is 5.75 Å². The molecule has 0 unspecified atom stereocenters. The monoisotopic (exact) mass is 344 g/mol. The van der Waals surface area contributed by atoms with Gasteiger partial charge < -0.3 is 4.74 Å². The van der Waals surface area contributed by atoms with Gasteiger partial charge in [0.15, 0.2) is 0 Å². The SMILES string of the molecule is CCC(=NN(Cc1ccccc1)c1ccccc1)c1ccc(OC)cc1. The highest BCUT2D eigenvalue weighted by Gasteiger charge is 2.09. The lowest BCUT2D eigenvalue weighted by molar-refractivity contribution is 0.415. The Morgan fingerprint density at radius 1 is 0.846 bits per heavy atom. The number of benzene rings is 3. The molecule has 0 fully saturated rings. The van der Waals surface area contributed by atoms with Crippen molar-refractivity contribution >= 4 is 11.4 Å². The maximum atomic E-state index is 5.26. The van der Waals surface area contributed by atoms with Crippen LogP contribution in [-0.2, 0) is 6.54 Å². The topological polar surface area (TPSA) is 24.8 Å². The lowest BCUT2D eigenvalue weighted by atomic mass is 10.1. The minimum atomic E-state index is 0.727. The van der Waals surface area contributed by atoms with Crippen LogP contribution in [0.1, 0.15) is 24.5 Å². The van der Waals surface area contributed by atoms with Gasteiger partial charge in [0.2, 0.25) is 0 Å². The van der Waals surface area contributed by atoms with Gasteiger partial charge in [-0.3, -0.25) is 5.01 Å². The highest BCUT2D eigenvalue weighted by atomic mass is 16.5. The van der Waals surface area contributed by atoms with E-state index >= 15 is 0 Å². The molecule has 0 aromatic heterocycles. The number of para-hydroxylation sites is 1. The fourth-order valence-electron chi connectivity index (χ4n) is 2.80. The zero-order valence-electron chi connectivity index (χ0n) is 15.3. The first-order valence-electron chi connectivity index (χ1n) is 8.88. The fourth-order valence-corrected chi connectivity index (χ4v) is 2.80. The van der Waals surface area contributed by atoms with Crippen molar-refractivity contribution < 1.29 is 4.74 Å². The van der Waals surface area contributed by atoms with Crippen LogP contribution in [0, 0.1) is 0 Å². The minimum Gasteiger partial charge on any atom is -0.497 e. The molecule has 0 radical (unpaired) electrons. The Balaban J connectivity index is 1.94. The zero-order chi connectivity index (χ0) is 18.2. The highest BCUT2D eigenvalue weighted by Crippen LogP contribution is 2.20. The molecule has 0 N–H and O–H groups in total. The van der Waals surface area contributed by atoms with Gasteiger partial charge in [-0.15, -0.1) is 0 Å². The molecular formula is C23H24N2O. The second kappa shape index (κ2) is 8.86. The molecule has 0 aliphatic carbocycles. The molecule has 0 heterocycles. The summed E-state index contributed by atoms with van der Waals surface area (Å²) in [6.45, 7) is 2.86. The van der Waals surface area contributed by atoms with Gasteiger partial charge in [0.1, 0.15) is 5.75 Å². The summed E-state index contributed by atoms with van der Waals surface area (Å²) in [7, 11) is 1.68. The number of methoxy groups -OCH3 is 1. The van der Waals surface area contributed by atoms with Crippen molar-refractivity contribution in [3.63, 3.8) is 0 Å². The summed E-state index contributed by atoms with van der Waals surface area (Å²) in [5, 5.41) is 7.06. The largest absolute Gasteiger partial charge is 0.497 e. The van der Waals surface area contributed by atoms with Crippen LogP contribution in [0.2, 0.25) is 0 Å². The Labute approximate surface area is 155 Å². The average molecular weight is 344 g/mol. The van der Waals surface area contributed by atoms with E-state index in [1.165, 1.54) is 5.56 Å². The predicted octanol–water partition coefficient (Wildman–Crippen LogP) is 5.52. The van der Waals surface area contributed by atoms with Gasteiger partial charge in [-0.2, -0.15) is 5.10 Å². The number of anilines is 1. The smallest absolute Gasteiger partial charge is 0.118 e. The van der Waals surface area contributed by atoms with Gasteiger partial charge in [0.05, 0.1) is 25.1 Å². The molecule has 26 heavy (non-hydrogen) atoms. The van der Waals surface area contributed by atoms with Crippen molar-refractivity contribution in [1.29, 1.82) is 0 Å². The van der Waals surface area contributed by atoms with E-state index in [1.54, 1.807) is 7.11 Å². The summed E-state index contributed by atoms with van der Waals surface area (Å²) >= 11 is 0. The molecule has 0 bridgehead atoms. The number of rotatable bonds is 7. The lowest BCUT2D eigenvalue weighted by Gasteiger charge is -2.21. The molecule has 3 heteroatoms. The molecule has 3 aromatic rings. The molecule has 3 rings (SSSR count). The van der Waals surface area contributed by atoms with Crippen LogP contribution in [-0.4, -0.2) is 12.8 Å². The maximum Gasteiger partial charge on any atom is 0.118 e. The van der Waals surface area contributed by atoms with Crippen LogP contribution in [0.5, 0.6) is 5.75 Å². The Morgan fingerprint density at radius 2 is 1.46 bits per heavy atom. The molecule has 0 amide bonds. The summed E-state index contributed by atoms with van der Waals surface area (Å²) in [6, 6.07) is 28.8. The lowest BCUT2D eigenvalue weighted by Crippen LogP contribution is -2.19. The number of nitrogens with zero attached hydrogens (tertiary/aromatic N) is 2. The van der Waals surface area contributed by atoms with Crippen molar-refractivity contribution in [2.75, 3.05) is 12.1 Å². The van der Waals surface area contributed by atoms with Crippen LogP contribution in [0.3, 0.4) is 0 Å². The molecule has 3 aromatic carbocycles. The quantitative estimate of drug-likeness (QED) is 0.417. The fraction of sp³-hybridized carbons (Fsp3) is 0.174. The van der Waals surface area contributed by atoms with Crippen molar-refractivity contribution in [1.82, 2.24) is 0 Å². The van der Waals surface area contributed by atoms with Crippen LogP contribution in [0.4, 0.5) is 5.69 Å². The molecule has 0 aliphatic rings. The van der Waals surface area contributed by atoms with Crippen LogP contribution >= 0.6 is 0 Å². The van der Waals surface area contributed by atoms with E-state index in [4.69, 9.17) is 9.84 Å². The molecule has 3 nitrogen and oxygen atoms in total. The van der Waals surface area contributed by atoms with Gasteiger partial charge in [0.25, 0.3) is 0 Å². The van der Waals surface area contributed by atoms with Crippen molar-refractivity contribution in [3.05, 3.63) is 96.1 Å². The van der Waals surface area contributed by atoms with Gasteiger partial charge in [0, 0.05) is 0 Å². The van der Waals surface area contributed by atoms with Gasteiger partial charge in [-0.05, 0) is 53.9 Å². The number of hydrazone groups is 1. The second-order valence-corrected chi connectivity index (χ2v) is 6.01.